The van der Waals surface area contributed by atoms with Gasteiger partial charge in [0.05, 0.1) is 31.6 Å². The molecule has 1 aliphatic carbocycles. The Kier molecular flexibility index (Phi) is 5.10. The van der Waals surface area contributed by atoms with Crippen molar-refractivity contribution in [2.75, 3.05) is 26.2 Å². The fourth-order valence-corrected chi connectivity index (χ4v) is 5.19. The Morgan fingerprint density at radius 1 is 1.22 bits per heavy atom. The second-order valence-corrected chi connectivity index (χ2v) is 8.27. The van der Waals surface area contributed by atoms with Crippen LogP contribution in [0.3, 0.4) is 0 Å². The number of hydrogen-bond donors (Lipinski definition) is 2. The number of quaternary nitrogens is 1. The number of aromatic nitrogens is 4. The molecule has 1 aliphatic rings. The van der Waals surface area contributed by atoms with Crippen molar-refractivity contribution in [3.05, 3.63) is 22.1 Å². The Labute approximate surface area is 162 Å². The lowest BCUT2D eigenvalue weighted by Crippen LogP contribution is -3.12. The summed E-state index contributed by atoms with van der Waals surface area (Å²) in [5.41, 5.74) is 2.14. The second-order valence-electron chi connectivity index (χ2n) is 7.18. The summed E-state index contributed by atoms with van der Waals surface area (Å²) >= 11 is 1.77. The molecule has 7 nitrogen and oxygen atoms in total. The van der Waals surface area contributed by atoms with Crippen molar-refractivity contribution in [1.82, 2.24) is 24.9 Å². The molecule has 1 amide bonds. The van der Waals surface area contributed by atoms with Gasteiger partial charge < -0.3 is 10.2 Å². The highest BCUT2D eigenvalue weighted by Crippen LogP contribution is 2.37. The maximum absolute atomic E-state index is 12.6. The fourth-order valence-electron chi connectivity index (χ4n) is 3.89. The smallest absolute Gasteiger partial charge is 0.291 e. The average Bonchev–Trinajstić information content (AvgIpc) is 3.26. The van der Waals surface area contributed by atoms with Crippen molar-refractivity contribution >= 4 is 33.1 Å². The average molecular weight is 388 g/mol. The largest absolute Gasteiger partial charge is 0.344 e. The molecule has 3 heterocycles. The van der Waals surface area contributed by atoms with Gasteiger partial charge in [-0.05, 0) is 52.0 Å². The Bertz CT molecular complexity index is 987. The van der Waals surface area contributed by atoms with Crippen LogP contribution in [0.25, 0.3) is 15.9 Å². The van der Waals surface area contributed by atoms with Crippen LogP contribution in [0.4, 0.5) is 0 Å². The predicted octanol–water partition coefficient (Wildman–Crippen LogP) is 1.18. The fraction of sp³-hybridized carbons (Fsp3) is 0.579. The molecule has 0 bridgehead atoms. The van der Waals surface area contributed by atoms with Crippen molar-refractivity contribution in [3.63, 3.8) is 0 Å². The highest BCUT2D eigenvalue weighted by atomic mass is 32.1. The summed E-state index contributed by atoms with van der Waals surface area (Å²) in [5.74, 6) is 0.801. The number of rotatable bonds is 6. The Hall–Kier alpha value is -2.06. The summed E-state index contributed by atoms with van der Waals surface area (Å²) in [4.78, 5) is 25.8. The van der Waals surface area contributed by atoms with Crippen molar-refractivity contribution in [2.45, 2.75) is 46.5 Å². The van der Waals surface area contributed by atoms with E-state index in [-0.39, 0.29) is 11.7 Å². The highest BCUT2D eigenvalue weighted by molar-refractivity contribution is 7.19. The van der Waals surface area contributed by atoms with Gasteiger partial charge in [0.1, 0.15) is 10.7 Å². The van der Waals surface area contributed by atoms with Gasteiger partial charge >= 0.3 is 0 Å². The van der Waals surface area contributed by atoms with E-state index in [4.69, 9.17) is 4.98 Å². The molecule has 8 heteroatoms. The zero-order valence-corrected chi connectivity index (χ0v) is 17.1. The van der Waals surface area contributed by atoms with Crippen molar-refractivity contribution in [3.8, 4) is 0 Å². The predicted molar refractivity (Wildman–Crippen MR) is 107 cm³/mol. The zero-order chi connectivity index (χ0) is 19.0. The molecule has 4 rings (SSSR count). The molecule has 0 fully saturated rings. The minimum atomic E-state index is -0.207. The van der Waals surface area contributed by atoms with Gasteiger partial charge in [0.2, 0.25) is 5.82 Å². The summed E-state index contributed by atoms with van der Waals surface area (Å²) in [6.45, 7) is 9.90. The first kappa shape index (κ1) is 18.3. The maximum Gasteiger partial charge on any atom is 0.291 e. The van der Waals surface area contributed by atoms with Gasteiger partial charge in [0.15, 0.2) is 5.65 Å². The third kappa shape index (κ3) is 3.32. The summed E-state index contributed by atoms with van der Waals surface area (Å²) in [7, 11) is 0. The topological polar surface area (TPSA) is 76.6 Å². The van der Waals surface area contributed by atoms with E-state index in [1.807, 2.05) is 6.92 Å². The first-order valence-electron chi connectivity index (χ1n) is 9.91. The van der Waals surface area contributed by atoms with E-state index in [1.165, 1.54) is 28.2 Å². The highest BCUT2D eigenvalue weighted by Gasteiger charge is 2.23. The number of carbonyl (C=O) groups is 1. The molecule has 3 aromatic heterocycles. The van der Waals surface area contributed by atoms with E-state index >= 15 is 0 Å². The van der Waals surface area contributed by atoms with Crippen LogP contribution in [0.2, 0.25) is 0 Å². The molecule has 0 aromatic carbocycles. The molecule has 27 heavy (non-hydrogen) atoms. The van der Waals surface area contributed by atoms with Gasteiger partial charge in [0.25, 0.3) is 5.91 Å². The van der Waals surface area contributed by atoms with Crippen LogP contribution in [0.1, 0.15) is 53.6 Å². The number of likely N-dealkylation sites (N-methyl/N-ethyl adjacent to an activating group) is 1. The van der Waals surface area contributed by atoms with Crippen molar-refractivity contribution in [1.29, 1.82) is 0 Å². The van der Waals surface area contributed by atoms with Crippen LogP contribution in [0.5, 0.6) is 0 Å². The number of fused-ring (bicyclic) bond motifs is 5. The zero-order valence-electron chi connectivity index (χ0n) is 16.3. The van der Waals surface area contributed by atoms with Crippen LogP contribution in [0, 0.1) is 6.92 Å². The maximum atomic E-state index is 12.6. The van der Waals surface area contributed by atoms with Crippen LogP contribution in [-0.4, -0.2) is 51.7 Å². The number of amides is 1. The first-order chi connectivity index (χ1) is 13.1. The van der Waals surface area contributed by atoms with Gasteiger partial charge in [-0.2, -0.15) is 4.52 Å². The lowest BCUT2D eigenvalue weighted by molar-refractivity contribution is -0.895. The Morgan fingerprint density at radius 2 is 2.00 bits per heavy atom. The number of nitrogens with one attached hydrogen (secondary N) is 2. The molecule has 0 saturated carbocycles. The van der Waals surface area contributed by atoms with Gasteiger partial charge in [-0.25, -0.2) is 9.97 Å². The molecular formula is C19H27N6OS+. The van der Waals surface area contributed by atoms with E-state index in [9.17, 15) is 4.79 Å². The third-order valence-corrected chi connectivity index (χ3v) is 6.71. The molecule has 0 spiro atoms. The quantitative estimate of drug-likeness (QED) is 0.666. The number of carbonyl (C=O) groups excluding carboxylic acids is 1. The molecule has 144 valence electrons. The van der Waals surface area contributed by atoms with Gasteiger partial charge in [0, 0.05) is 4.88 Å². The number of aryl methyl sites for hydroxylation is 3. The minimum absolute atomic E-state index is 0.207. The van der Waals surface area contributed by atoms with Crippen LogP contribution in [0.15, 0.2) is 0 Å². The lowest BCUT2D eigenvalue weighted by Gasteiger charge is -2.14. The van der Waals surface area contributed by atoms with E-state index < -0.39 is 0 Å². The molecule has 0 atom stereocenters. The number of hydrogen-bond acceptors (Lipinski definition) is 5. The van der Waals surface area contributed by atoms with E-state index in [2.05, 4.69) is 29.2 Å². The van der Waals surface area contributed by atoms with Crippen LogP contribution >= 0.6 is 11.3 Å². The molecule has 0 saturated heterocycles. The number of nitrogens with zero attached hydrogens (tertiary/aromatic N) is 4. The summed E-state index contributed by atoms with van der Waals surface area (Å²) in [6, 6.07) is 0. The van der Waals surface area contributed by atoms with Gasteiger partial charge in [-0.1, -0.05) is 0 Å². The lowest BCUT2D eigenvalue weighted by atomic mass is 9.97. The van der Waals surface area contributed by atoms with Crippen molar-refractivity contribution in [2.24, 2.45) is 0 Å². The van der Waals surface area contributed by atoms with E-state index in [1.54, 1.807) is 15.9 Å². The molecule has 0 radical (unpaired) electrons. The standard InChI is InChI=1S/C19H26N6OS/c1-4-24(5-2)11-10-20-18(26)16-22-17-15-13-8-6-7-9-14(13)27-19(15)21-12(3)25(17)23-16/h4-11H2,1-3H3,(H,20,26)/p+1. The third-order valence-electron chi connectivity index (χ3n) is 5.52. The minimum Gasteiger partial charge on any atom is -0.344 e. The van der Waals surface area contributed by atoms with Gasteiger partial charge in [-0.3, -0.25) is 4.79 Å². The SMILES string of the molecule is CC[NH+](CC)CCNC(=O)c1nc2c3c4c(sc3nc(C)n2n1)CCCC4. The second kappa shape index (κ2) is 7.52. The van der Waals surface area contributed by atoms with Crippen LogP contribution in [-0.2, 0) is 12.8 Å². The van der Waals surface area contributed by atoms with Crippen molar-refractivity contribution < 1.29 is 9.69 Å². The summed E-state index contributed by atoms with van der Waals surface area (Å²) < 4.78 is 1.73. The monoisotopic (exact) mass is 387 g/mol. The number of thiophene rings is 1. The summed E-state index contributed by atoms with van der Waals surface area (Å²) in [5, 5.41) is 8.52. The molecule has 0 unspecified atom stereocenters. The van der Waals surface area contributed by atoms with Crippen LogP contribution < -0.4 is 10.2 Å². The first-order valence-corrected chi connectivity index (χ1v) is 10.7. The molecule has 0 aliphatic heterocycles. The van der Waals surface area contributed by atoms with E-state index in [0.29, 0.717) is 6.54 Å². The normalized spacial score (nSPS) is 14.2. The molecule has 3 aromatic rings. The van der Waals surface area contributed by atoms with Gasteiger partial charge in [-0.15, -0.1) is 16.4 Å². The molecular weight excluding hydrogens is 360 g/mol. The molecule has 2 N–H and O–H groups in total. The van der Waals surface area contributed by atoms with E-state index in [0.717, 1.165) is 54.2 Å². The Morgan fingerprint density at radius 3 is 2.78 bits per heavy atom. The summed E-state index contributed by atoms with van der Waals surface area (Å²) in [6.07, 6.45) is 4.63. The Balaban J connectivity index is 1.65.